The molecule has 1 amide bonds. The second-order valence-corrected chi connectivity index (χ2v) is 5.75. The van der Waals surface area contributed by atoms with Gasteiger partial charge in [-0.25, -0.2) is 4.39 Å². The lowest BCUT2D eigenvalue weighted by atomic mass is 10.1. The number of pyridine rings is 1. The molecular formula is C15H15FN2O. The van der Waals surface area contributed by atoms with Crippen molar-refractivity contribution in [3.8, 4) is 0 Å². The Morgan fingerprint density at radius 2 is 2.21 bits per heavy atom. The second-order valence-electron chi connectivity index (χ2n) is 5.75. The zero-order chi connectivity index (χ0) is 13.6. The molecule has 1 N–H and O–H groups in total. The molecule has 19 heavy (non-hydrogen) atoms. The number of aromatic nitrogens is 1. The van der Waals surface area contributed by atoms with Crippen molar-refractivity contribution in [3.05, 3.63) is 41.8 Å². The van der Waals surface area contributed by atoms with Crippen LogP contribution in [0.3, 0.4) is 0 Å². The minimum atomic E-state index is -0.416. The number of fused-ring (bicyclic) bond motifs is 1. The molecule has 1 heterocycles. The Labute approximate surface area is 110 Å². The first-order valence-electron chi connectivity index (χ1n) is 6.32. The van der Waals surface area contributed by atoms with Crippen molar-refractivity contribution in [2.45, 2.75) is 26.3 Å². The number of carbonyl (C=O) groups excluding carboxylic acids is 1. The molecule has 1 aliphatic carbocycles. The standard InChI is InChI=1S/C15H15FN2O/c1-15(2)8-12(15)18-14(19)11-7-10(16)6-9-4-3-5-17-13(9)11/h3-7,12H,8H2,1-2H3,(H,18,19)/t12-/m0/s1. The van der Waals surface area contributed by atoms with Gasteiger partial charge in [-0.15, -0.1) is 0 Å². The molecule has 0 spiro atoms. The number of carbonyl (C=O) groups is 1. The lowest BCUT2D eigenvalue weighted by Gasteiger charge is -2.09. The lowest BCUT2D eigenvalue weighted by Crippen LogP contribution is -2.28. The maximum Gasteiger partial charge on any atom is 0.253 e. The van der Waals surface area contributed by atoms with Crippen LogP contribution in [-0.2, 0) is 0 Å². The summed E-state index contributed by atoms with van der Waals surface area (Å²) in [6.45, 7) is 4.19. The van der Waals surface area contributed by atoms with Gasteiger partial charge in [0.1, 0.15) is 5.82 Å². The van der Waals surface area contributed by atoms with Crippen molar-refractivity contribution in [2.75, 3.05) is 0 Å². The summed E-state index contributed by atoms with van der Waals surface area (Å²) in [4.78, 5) is 16.4. The van der Waals surface area contributed by atoms with Crippen LogP contribution in [-0.4, -0.2) is 16.9 Å². The Hall–Kier alpha value is -1.97. The van der Waals surface area contributed by atoms with Crippen molar-refractivity contribution in [1.29, 1.82) is 0 Å². The first-order chi connectivity index (χ1) is 8.97. The SMILES string of the molecule is CC1(C)C[C@@H]1NC(=O)c1cc(F)cc2cccnc12. The summed E-state index contributed by atoms with van der Waals surface area (Å²) in [5.74, 6) is -0.667. The van der Waals surface area contributed by atoms with E-state index in [1.165, 1.54) is 12.1 Å². The van der Waals surface area contributed by atoms with Crippen molar-refractivity contribution < 1.29 is 9.18 Å². The highest BCUT2D eigenvalue weighted by Gasteiger charge is 2.46. The van der Waals surface area contributed by atoms with Crippen LogP contribution in [0.15, 0.2) is 30.5 Å². The van der Waals surface area contributed by atoms with Gasteiger partial charge < -0.3 is 5.32 Å². The number of benzene rings is 1. The summed E-state index contributed by atoms with van der Waals surface area (Å²) in [5.41, 5.74) is 0.991. The van der Waals surface area contributed by atoms with E-state index in [9.17, 15) is 9.18 Å². The summed E-state index contributed by atoms with van der Waals surface area (Å²) in [5, 5.41) is 3.58. The van der Waals surface area contributed by atoms with E-state index < -0.39 is 5.82 Å². The Bertz CT molecular complexity index is 666. The van der Waals surface area contributed by atoms with Crippen LogP contribution in [0.25, 0.3) is 10.9 Å². The number of hydrogen-bond acceptors (Lipinski definition) is 2. The minimum absolute atomic E-state index is 0.145. The Balaban J connectivity index is 1.97. The summed E-state index contributed by atoms with van der Waals surface area (Å²) in [7, 11) is 0. The number of halogens is 1. The van der Waals surface area contributed by atoms with Gasteiger partial charge in [0.2, 0.25) is 0 Å². The fraction of sp³-hybridized carbons (Fsp3) is 0.333. The van der Waals surface area contributed by atoms with E-state index in [2.05, 4.69) is 24.1 Å². The molecule has 2 aromatic rings. The number of rotatable bonds is 2. The van der Waals surface area contributed by atoms with Gasteiger partial charge in [0.25, 0.3) is 5.91 Å². The third-order valence-electron chi connectivity index (χ3n) is 3.73. The molecule has 1 saturated carbocycles. The van der Waals surface area contributed by atoms with Crippen LogP contribution in [0.1, 0.15) is 30.6 Å². The van der Waals surface area contributed by atoms with E-state index in [1.807, 2.05) is 0 Å². The molecule has 4 heteroatoms. The van der Waals surface area contributed by atoms with Gasteiger partial charge in [0.05, 0.1) is 11.1 Å². The van der Waals surface area contributed by atoms with Crippen LogP contribution in [0.2, 0.25) is 0 Å². The number of amides is 1. The van der Waals surface area contributed by atoms with Gasteiger partial charge in [0.15, 0.2) is 0 Å². The second kappa shape index (κ2) is 4.02. The van der Waals surface area contributed by atoms with E-state index in [1.54, 1.807) is 18.3 Å². The first kappa shape index (κ1) is 12.1. The van der Waals surface area contributed by atoms with Crippen molar-refractivity contribution in [2.24, 2.45) is 5.41 Å². The summed E-state index contributed by atoms with van der Waals surface area (Å²) < 4.78 is 13.6. The summed E-state index contributed by atoms with van der Waals surface area (Å²) in [6.07, 6.45) is 2.57. The molecule has 1 atom stereocenters. The van der Waals surface area contributed by atoms with E-state index in [4.69, 9.17) is 0 Å². The third-order valence-corrected chi connectivity index (χ3v) is 3.73. The van der Waals surface area contributed by atoms with Crippen molar-refractivity contribution in [1.82, 2.24) is 10.3 Å². The maximum absolute atomic E-state index is 13.6. The average molecular weight is 258 g/mol. The van der Waals surface area contributed by atoms with Gasteiger partial charge in [-0.2, -0.15) is 0 Å². The predicted molar refractivity (Wildman–Crippen MR) is 71.4 cm³/mol. The number of hydrogen-bond donors (Lipinski definition) is 1. The molecule has 0 radical (unpaired) electrons. The Morgan fingerprint density at radius 3 is 2.89 bits per heavy atom. The van der Waals surface area contributed by atoms with E-state index in [0.29, 0.717) is 16.5 Å². The first-order valence-corrected chi connectivity index (χ1v) is 6.32. The molecule has 98 valence electrons. The van der Waals surface area contributed by atoms with Gasteiger partial charge in [-0.1, -0.05) is 19.9 Å². The van der Waals surface area contributed by atoms with E-state index in [-0.39, 0.29) is 17.4 Å². The topological polar surface area (TPSA) is 42.0 Å². The van der Waals surface area contributed by atoms with Crippen LogP contribution in [0, 0.1) is 11.2 Å². The fourth-order valence-electron chi connectivity index (χ4n) is 2.28. The predicted octanol–water partition coefficient (Wildman–Crippen LogP) is 2.90. The molecular weight excluding hydrogens is 243 g/mol. The van der Waals surface area contributed by atoms with Crippen LogP contribution in [0.5, 0.6) is 0 Å². The molecule has 1 aromatic carbocycles. The van der Waals surface area contributed by atoms with Crippen LogP contribution < -0.4 is 5.32 Å². The molecule has 0 unspecified atom stereocenters. The van der Waals surface area contributed by atoms with Crippen molar-refractivity contribution >= 4 is 16.8 Å². The third kappa shape index (κ3) is 2.18. The maximum atomic E-state index is 13.6. The van der Waals surface area contributed by atoms with Crippen molar-refractivity contribution in [3.63, 3.8) is 0 Å². The normalized spacial score (nSPS) is 20.3. The van der Waals surface area contributed by atoms with E-state index >= 15 is 0 Å². The molecule has 1 aromatic heterocycles. The molecule has 3 nitrogen and oxygen atoms in total. The molecule has 0 bridgehead atoms. The quantitative estimate of drug-likeness (QED) is 0.900. The highest BCUT2D eigenvalue weighted by atomic mass is 19.1. The van der Waals surface area contributed by atoms with E-state index in [0.717, 1.165) is 6.42 Å². The smallest absolute Gasteiger partial charge is 0.253 e. The summed E-state index contributed by atoms with van der Waals surface area (Å²) >= 11 is 0. The lowest BCUT2D eigenvalue weighted by molar-refractivity contribution is 0.0947. The highest BCUT2D eigenvalue weighted by Crippen LogP contribution is 2.44. The Morgan fingerprint density at radius 1 is 1.47 bits per heavy atom. The largest absolute Gasteiger partial charge is 0.349 e. The molecule has 0 aliphatic heterocycles. The van der Waals surface area contributed by atoms with Gasteiger partial charge in [0, 0.05) is 17.6 Å². The van der Waals surface area contributed by atoms with Crippen LogP contribution in [0.4, 0.5) is 4.39 Å². The zero-order valence-electron chi connectivity index (χ0n) is 10.9. The monoisotopic (exact) mass is 258 g/mol. The number of nitrogens with zero attached hydrogens (tertiary/aromatic N) is 1. The fourth-order valence-corrected chi connectivity index (χ4v) is 2.28. The zero-order valence-corrected chi connectivity index (χ0v) is 10.9. The average Bonchev–Trinajstić information content (AvgIpc) is 2.95. The number of nitrogens with one attached hydrogen (secondary N) is 1. The molecule has 0 saturated heterocycles. The molecule has 1 aliphatic rings. The molecule has 1 fully saturated rings. The Kier molecular flexibility index (Phi) is 2.55. The summed E-state index contributed by atoms with van der Waals surface area (Å²) in [6, 6.07) is 6.29. The van der Waals surface area contributed by atoms with Gasteiger partial charge in [-0.05, 0) is 30.0 Å². The van der Waals surface area contributed by atoms with Gasteiger partial charge in [-0.3, -0.25) is 9.78 Å². The van der Waals surface area contributed by atoms with Crippen LogP contribution >= 0.6 is 0 Å². The van der Waals surface area contributed by atoms with Gasteiger partial charge >= 0.3 is 0 Å². The minimum Gasteiger partial charge on any atom is -0.349 e. The highest BCUT2D eigenvalue weighted by molar-refractivity contribution is 6.05. The molecule has 3 rings (SSSR count).